The van der Waals surface area contributed by atoms with E-state index in [1.807, 2.05) is 0 Å². The molecule has 0 aliphatic heterocycles. The first-order chi connectivity index (χ1) is 11.3. The number of benzene rings is 1. The zero-order valence-electron chi connectivity index (χ0n) is 13.3. The Balaban J connectivity index is 1.99. The second-order valence-corrected chi connectivity index (χ2v) is 7.29. The van der Waals surface area contributed by atoms with E-state index in [0.717, 1.165) is 10.6 Å². The van der Waals surface area contributed by atoms with Gasteiger partial charge in [0.1, 0.15) is 11.6 Å². The van der Waals surface area contributed by atoms with Crippen molar-refractivity contribution >= 4 is 21.7 Å². The standard InChI is InChI=1S/C15H18FN3O4S/c1-11-9-14(18-23-11)17-15(20)7-8-19(24(2,21)22)10-12-5-3-4-6-13(12)16/h3-6,9H,7-8,10H2,1-2H3,(H,17,18,20). The van der Waals surface area contributed by atoms with E-state index in [9.17, 15) is 17.6 Å². The molecule has 0 saturated carbocycles. The van der Waals surface area contributed by atoms with Gasteiger partial charge in [-0.25, -0.2) is 12.8 Å². The zero-order valence-corrected chi connectivity index (χ0v) is 14.1. The minimum atomic E-state index is -3.59. The Kier molecular flexibility index (Phi) is 5.68. The molecule has 0 atom stereocenters. The lowest BCUT2D eigenvalue weighted by atomic mass is 10.2. The lowest BCUT2D eigenvalue weighted by molar-refractivity contribution is -0.116. The summed E-state index contributed by atoms with van der Waals surface area (Å²) in [6, 6.07) is 7.46. The Hall–Kier alpha value is -2.26. The number of halogens is 1. The molecule has 130 valence electrons. The third kappa shape index (κ3) is 5.14. The summed E-state index contributed by atoms with van der Waals surface area (Å²) in [7, 11) is -3.59. The number of rotatable bonds is 7. The summed E-state index contributed by atoms with van der Waals surface area (Å²) in [5, 5.41) is 6.13. The fraction of sp³-hybridized carbons (Fsp3) is 0.333. The van der Waals surface area contributed by atoms with Crippen LogP contribution >= 0.6 is 0 Å². The number of aromatic nitrogens is 1. The lowest BCUT2D eigenvalue weighted by Crippen LogP contribution is -2.33. The van der Waals surface area contributed by atoms with Gasteiger partial charge >= 0.3 is 0 Å². The SMILES string of the molecule is Cc1cc(NC(=O)CCN(Cc2ccccc2F)S(C)(=O)=O)no1. The van der Waals surface area contributed by atoms with Gasteiger partial charge in [-0.05, 0) is 13.0 Å². The topological polar surface area (TPSA) is 92.5 Å². The summed E-state index contributed by atoms with van der Waals surface area (Å²) in [5.41, 5.74) is 0.246. The van der Waals surface area contributed by atoms with Gasteiger partial charge in [0.15, 0.2) is 5.82 Å². The first kappa shape index (κ1) is 18.1. The van der Waals surface area contributed by atoms with Gasteiger partial charge < -0.3 is 9.84 Å². The van der Waals surface area contributed by atoms with Gasteiger partial charge in [-0.1, -0.05) is 23.4 Å². The number of sulfonamides is 1. The second-order valence-electron chi connectivity index (χ2n) is 5.31. The van der Waals surface area contributed by atoms with Crippen LogP contribution in [0.25, 0.3) is 0 Å². The Morgan fingerprint density at radius 3 is 2.67 bits per heavy atom. The summed E-state index contributed by atoms with van der Waals surface area (Å²) in [6.45, 7) is 1.47. The molecule has 2 aromatic rings. The Morgan fingerprint density at radius 1 is 1.38 bits per heavy atom. The molecule has 1 aromatic heterocycles. The molecule has 1 amide bonds. The Labute approximate surface area is 139 Å². The molecule has 1 heterocycles. The molecule has 0 aliphatic rings. The molecule has 1 aromatic carbocycles. The maximum absolute atomic E-state index is 13.7. The number of carbonyl (C=O) groups excluding carboxylic acids is 1. The van der Waals surface area contributed by atoms with E-state index in [1.165, 1.54) is 18.2 Å². The van der Waals surface area contributed by atoms with Crippen molar-refractivity contribution in [2.75, 3.05) is 18.1 Å². The van der Waals surface area contributed by atoms with Gasteiger partial charge in [0.05, 0.1) is 6.26 Å². The van der Waals surface area contributed by atoms with E-state index >= 15 is 0 Å². The van der Waals surface area contributed by atoms with E-state index in [2.05, 4.69) is 10.5 Å². The van der Waals surface area contributed by atoms with E-state index in [4.69, 9.17) is 4.52 Å². The third-order valence-corrected chi connectivity index (χ3v) is 4.51. The fourth-order valence-electron chi connectivity index (χ4n) is 2.04. The molecule has 0 bridgehead atoms. The normalized spacial score (nSPS) is 11.7. The molecule has 2 rings (SSSR count). The van der Waals surface area contributed by atoms with Crippen LogP contribution in [-0.2, 0) is 21.4 Å². The van der Waals surface area contributed by atoms with Gasteiger partial charge in [0, 0.05) is 31.1 Å². The van der Waals surface area contributed by atoms with Crippen LogP contribution in [0.15, 0.2) is 34.9 Å². The summed E-state index contributed by atoms with van der Waals surface area (Å²) in [6.07, 6.45) is 0.931. The van der Waals surface area contributed by atoms with Crippen molar-refractivity contribution in [1.82, 2.24) is 9.46 Å². The highest BCUT2D eigenvalue weighted by Gasteiger charge is 2.20. The molecule has 0 aliphatic carbocycles. The summed E-state index contributed by atoms with van der Waals surface area (Å²) in [4.78, 5) is 11.9. The van der Waals surface area contributed by atoms with Crippen LogP contribution in [-0.4, -0.2) is 36.6 Å². The highest BCUT2D eigenvalue weighted by molar-refractivity contribution is 7.88. The molecule has 1 N–H and O–H groups in total. The van der Waals surface area contributed by atoms with Crippen molar-refractivity contribution < 1.29 is 22.1 Å². The molecule has 0 spiro atoms. The van der Waals surface area contributed by atoms with Crippen LogP contribution < -0.4 is 5.32 Å². The number of anilines is 1. The maximum atomic E-state index is 13.7. The summed E-state index contributed by atoms with van der Waals surface area (Å²) >= 11 is 0. The number of nitrogens with one attached hydrogen (secondary N) is 1. The van der Waals surface area contributed by atoms with Crippen molar-refractivity contribution in [2.45, 2.75) is 19.9 Å². The van der Waals surface area contributed by atoms with Crippen molar-refractivity contribution in [3.05, 3.63) is 47.5 Å². The number of hydrogen-bond donors (Lipinski definition) is 1. The number of nitrogens with zero attached hydrogens (tertiary/aromatic N) is 2. The van der Waals surface area contributed by atoms with E-state index < -0.39 is 21.7 Å². The molecular formula is C15H18FN3O4S. The molecule has 0 saturated heterocycles. The van der Waals surface area contributed by atoms with Gasteiger partial charge in [0.25, 0.3) is 0 Å². The molecule has 9 heteroatoms. The third-order valence-electron chi connectivity index (χ3n) is 3.26. The average molecular weight is 355 g/mol. The minimum Gasteiger partial charge on any atom is -0.360 e. The lowest BCUT2D eigenvalue weighted by Gasteiger charge is -2.20. The molecule has 7 nitrogen and oxygen atoms in total. The Bertz CT molecular complexity index is 820. The van der Waals surface area contributed by atoms with E-state index in [1.54, 1.807) is 19.1 Å². The monoisotopic (exact) mass is 355 g/mol. The van der Waals surface area contributed by atoms with Gasteiger partial charge in [-0.15, -0.1) is 0 Å². The number of hydrogen-bond acceptors (Lipinski definition) is 5. The quantitative estimate of drug-likeness (QED) is 0.819. The van der Waals surface area contributed by atoms with Gasteiger partial charge in [-0.3, -0.25) is 4.79 Å². The van der Waals surface area contributed by atoms with Crippen molar-refractivity contribution in [3.63, 3.8) is 0 Å². The minimum absolute atomic E-state index is 0.0736. The smallest absolute Gasteiger partial charge is 0.226 e. The molecule has 0 unspecified atom stereocenters. The van der Waals surface area contributed by atoms with Crippen LogP contribution in [0.1, 0.15) is 17.7 Å². The van der Waals surface area contributed by atoms with Crippen LogP contribution in [0.5, 0.6) is 0 Å². The zero-order chi connectivity index (χ0) is 17.7. The molecular weight excluding hydrogens is 337 g/mol. The van der Waals surface area contributed by atoms with Gasteiger partial charge in [0.2, 0.25) is 15.9 Å². The van der Waals surface area contributed by atoms with Crippen LogP contribution in [0.4, 0.5) is 10.2 Å². The highest BCUT2D eigenvalue weighted by atomic mass is 32.2. The van der Waals surface area contributed by atoms with Gasteiger partial charge in [-0.2, -0.15) is 4.31 Å². The highest BCUT2D eigenvalue weighted by Crippen LogP contribution is 2.13. The molecule has 24 heavy (non-hydrogen) atoms. The van der Waals surface area contributed by atoms with Crippen molar-refractivity contribution in [3.8, 4) is 0 Å². The summed E-state index contributed by atoms with van der Waals surface area (Å²) in [5.74, 6) is -0.0979. The van der Waals surface area contributed by atoms with E-state index in [0.29, 0.717) is 5.76 Å². The first-order valence-corrected chi connectivity index (χ1v) is 9.02. The molecule has 0 fully saturated rings. The largest absolute Gasteiger partial charge is 0.360 e. The Morgan fingerprint density at radius 2 is 2.08 bits per heavy atom. The summed E-state index contributed by atoms with van der Waals surface area (Å²) < 4.78 is 43.3. The van der Waals surface area contributed by atoms with E-state index in [-0.39, 0.29) is 30.9 Å². The van der Waals surface area contributed by atoms with Crippen LogP contribution in [0.2, 0.25) is 0 Å². The second kappa shape index (κ2) is 7.54. The predicted molar refractivity (Wildman–Crippen MR) is 86.1 cm³/mol. The fourth-order valence-corrected chi connectivity index (χ4v) is 2.83. The number of aryl methyl sites for hydroxylation is 1. The predicted octanol–water partition coefficient (Wildman–Crippen LogP) is 1.91. The number of amides is 1. The first-order valence-electron chi connectivity index (χ1n) is 7.17. The molecule has 0 radical (unpaired) electrons. The van der Waals surface area contributed by atoms with Crippen LogP contribution in [0.3, 0.4) is 0 Å². The van der Waals surface area contributed by atoms with Crippen molar-refractivity contribution in [2.24, 2.45) is 0 Å². The average Bonchev–Trinajstić information content (AvgIpc) is 2.89. The van der Waals surface area contributed by atoms with Crippen LogP contribution in [0, 0.1) is 12.7 Å². The maximum Gasteiger partial charge on any atom is 0.226 e. The number of carbonyl (C=O) groups is 1. The van der Waals surface area contributed by atoms with Crippen molar-refractivity contribution in [1.29, 1.82) is 0 Å².